The lowest BCUT2D eigenvalue weighted by molar-refractivity contribution is -0.114. The number of nitrogens with two attached hydrogens (primary N) is 1. The summed E-state index contributed by atoms with van der Waals surface area (Å²) in [7, 11) is 0. The van der Waals surface area contributed by atoms with E-state index in [2.05, 4.69) is 43.1 Å². The van der Waals surface area contributed by atoms with Crippen molar-refractivity contribution in [3.63, 3.8) is 0 Å². The van der Waals surface area contributed by atoms with Crippen molar-refractivity contribution in [2.75, 3.05) is 25.0 Å². The normalized spacial score (nSPS) is 11.7. The summed E-state index contributed by atoms with van der Waals surface area (Å²) in [6, 6.07) is 8.00. The number of carbonyl (C=O) groups excluding carboxylic acids is 1. The highest BCUT2D eigenvalue weighted by atomic mass is 16.1. The van der Waals surface area contributed by atoms with Crippen molar-refractivity contribution in [2.45, 2.75) is 34.2 Å². The molecule has 4 heteroatoms. The maximum Gasteiger partial charge on any atom is 0.221 e. The summed E-state index contributed by atoms with van der Waals surface area (Å²) >= 11 is 0. The fourth-order valence-corrected chi connectivity index (χ4v) is 2.10. The van der Waals surface area contributed by atoms with Crippen LogP contribution >= 0.6 is 0 Å². The number of carbonyl (C=O) groups is 1. The molecule has 0 atom stereocenters. The molecule has 0 unspecified atom stereocenters. The van der Waals surface area contributed by atoms with Gasteiger partial charge in [-0.15, -0.1) is 0 Å². The number of hydrogen-bond acceptors (Lipinski definition) is 3. The quantitative estimate of drug-likeness (QED) is 0.805. The van der Waals surface area contributed by atoms with Gasteiger partial charge in [0.1, 0.15) is 0 Å². The molecule has 0 bridgehead atoms. The first-order valence-corrected chi connectivity index (χ1v) is 7.15. The van der Waals surface area contributed by atoms with E-state index >= 15 is 0 Å². The molecule has 0 saturated carbocycles. The van der Waals surface area contributed by atoms with Crippen LogP contribution in [0, 0.1) is 5.41 Å². The molecule has 1 amide bonds. The number of nitrogens with zero attached hydrogens (tertiary/aromatic N) is 1. The van der Waals surface area contributed by atoms with Crippen LogP contribution in [0.5, 0.6) is 0 Å². The summed E-state index contributed by atoms with van der Waals surface area (Å²) in [5, 5.41) is 2.78. The van der Waals surface area contributed by atoms with Crippen molar-refractivity contribution in [1.82, 2.24) is 4.90 Å². The van der Waals surface area contributed by atoms with Crippen LogP contribution in [-0.2, 0) is 11.3 Å². The molecular formula is C16H27N3O. The number of nitrogens with one attached hydrogen (secondary N) is 1. The van der Waals surface area contributed by atoms with E-state index in [1.54, 1.807) is 0 Å². The molecule has 0 aliphatic rings. The summed E-state index contributed by atoms with van der Waals surface area (Å²) in [5.41, 5.74) is 8.02. The van der Waals surface area contributed by atoms with E-state index < -0.39 is 0 Å². The van der Waals surface area contributed by atoms with Gasteiger partial charge in [0.25, 0.3) is 0 Å². The predicted octanol–water partition coefficient (Wildman–Crippen LogP) is 2.45. The van der Waals surface area contributed by atoms with Gasteiger partial charge in [-0.05, 0) is 36.2 Å². The van der Waals surface area contributed by atoms with E-state index in [0.29, 0.717) is 6.54 Å². The second kappa shape index (κ2) is 7.41. The van der Waals surface area contributed by atoms with Crippen LogP contribution in [0.2, 0.25) is 0 Å². The zero-order valence-electron chi connectivity index (χ0n) is 13.1. The molecule has 1 aromatic rings. The van der Waals surface area contributed by atoms with Crippen molar-refractivity contribution < 1.29 is 4.79 Å². The van der Waals surface area contributed by atoms with Gasteiger partial charge in [-0.25, -0.2) is 0 Å². The smallest absolute Gasteiger partial charge is 0.221 e. The van der Waals surface area contributed by atoms with Crippen LogP contribution < -0.4 is 11.1 Å². The Labute approximate surface area is 122 Å². The van der Waals surface area contributed by atoms with Crippen molar-refractivity contribution in [3.8, 4) is 0 Å². The van der Waals surface area contributed by atoms with Crippen LogP contribution in [-0.4, -0.2) is 30.4 Å². The Morgan fingerprint density at radius 1 is 1.30 bits per heavy atom. The molecule has 4 nitrogen and oxygen atoms in total. The molecule has 3 N–H and O–H groups in total. The molecule has 0 aliphatic heterocycles. The van der Waals surface area contributed by atoms with E-state index in [0.717, 1.165) is 25.3 Å². The molecule has 0 heterocycles. The average molecular weight is 277 g/mol. The van der Waals surface area contributed by atoms with Crippen molar-refractivity contribution >= 4 is 11.6 Å². The standard InChI is InChI=1S/C16H27N3O/c1-5-19(12-16(3,4)11-17)10-14-6-8-15(9-7-14)18-13(2)20/h6-9H,5,10-12,17H2,1-4H3,(H,18,20). The molecule has 1 rings (SSSR count). The molecule has 112 valence electrons. The van der Waals surface area contributed by atoms with Crippen LogP contribution in [0.25, 0.3) is 0 Å². The summed E-state index contributed by atoms with van der Waals surface area (Å²) in [6.45, 7) is 11.6. The van der Waals surface area contributed by atoms with Gasteiger partial charge in [0.2, 0.25) is 5.91 Å². The first-order chi connectivity index (χ1) is 9.36. The number of benzene rings is 1. The van der Waals surface area contributed by atoms with Crippen LogP contribution in [0.15, 0.2) is 24.3 Å². The van der Waals surface area contributed by atoms with Gasteiger partial charge in [-0.3, -0.25) is 9.69 Å². The fraction of sp³-hybridized carbons (Fsp3) is 0.562. The molecule has 0 aromatic heterocycles. The predicted molar refractivity (Wildman–Crippen MR) is 84.5 cm³/mol. The summed E-state index contributed by atoms with van der Waals surface area (Å²) in [4.78, 5) is 13.4. The van der Waals surface area contributed by atoms with Gasteiger partial charge in [0.15, 0.2) is 0 Å². The highest BCUT2D eigenvalue weighted by Crippen LogP contribution is 2.17. The minimum Gasteiger partial charge on any atom is -0.330 e. The van der Waals surface area contributed by atoms with E-state index in [1.165, 1.54) is 12.5 Å². The second-order valence-corrected chi connectivity index (χ2v) is 6.05. The maximum atomic E-state index is 11.0. The zero-order valence-corrected chi connectivity index (χ0v) is 13.1. The monoisotopic (exact) mass is 277 g/mol. The van der Waals surface area contributed by atoms with Gasteiger partial charge in [0.05, 0.1) is 0 Å². The van der Waals surface area contributed by atoms with E-state index in [9.17, 15) is 4.79 Å². The highest BCUT2D eigenvalue weighted by molar-refractivity contribution is 5.88. The first kappa shape index (κ1) is 16.7. The third-order valence-electron chi connectivity index (χ3n) is 3.33. The number of anilines is 1. The van der Waals surface area contributed by atoms with Crippen molar-refractivity contribution in [1.29, 1.82) is 0 Å². The van der Waals surface area contributed by atoms with Gasteiger partial charge in [-0.2, -0.15) is 0 Å². The summed E-state index contributed by atoms with van der Waals surface area (Å²) in [5.74, 6) is -0.0439. The topological polar surface area (TPSA) is 58.4 Å². The molecule has 0 fully saturated rings. The Balaban J connectivity index is 2.63. The van der Waals surface area contributed by atoms with Crippen LogP contribution in [0.4, 0.5) is 5.69 Å². The minimum absolute atomic E-state index is 0.0439. The average Bonchev–Trinajstić information content (AvgIpc) is 2.39. The lowest BCUT2D eigenvalue weighted by atomic mass is 9.93. The molecule has 0 aliphatic carbocycles. The molecule has 0 radical (unpaired) electrons. The van der Waals surface area contributed by atoms with Crippen LogP contribution in [0.3, 0.4) is 0 Å². The van der Waals surface area contributed by atoms with Gasteiger partial charge in [-0.1, -0.05) is 32.9 Å². The van der Waals surface area contributed by atoms with E-state index in [-0.39, 0.29) is 11.3 Å². The second-order valence-electron chi connectivity index (χ2n) is 6.05. The minimum atomic E-state index is -0.0439. The maximum absolute atomic E-state index is 11.0. The number of amides is 1. The highest BCUT2D eigenvalue weighted by Gasteiger charge is 2.19. The van der Waals surface area contributed by atoms with Gasteiger partial charge < -0.3 is 11.1 Å². The molecule has 0 saturated heterocycles. The Kier molecular flexibility index (Phi) is 6.17. The Morgan fingerprint density at radius 2 is 1.90 bits per heavy atom. The number of hydrogen-bond donors (Lipinski definition) is 2. The van der Waals surface area contributed by atoms with E-state index in [1.807, 2.05) is 12.1 Å². The first-order valence-electron chi connectivity index (χ1n) is 7.15. The van der Waals surface area contributed by atoms with Crippen molar-refractivity contribution in [3.05, 3.63) is 29.8 Å². The largest absolute Gasteiger partial charge is 0.330 e. The third-order valence-corrected chi connectivity index (χ3v) is 3.33. The molecular weight excluding hydrogens is 250 g/mol. The van der Waals surface area contributed by atoms with E-state index in [4.69, 9.17) is 5.73 Å². The number of rotatable bonds is 7. The Morgan fingerprint density at radius 3 is 2.35 bits per heavy atom. The van der Waals surface area contributed by atoms with Crippen LogP contribution in [0.1, 0.15) is 33.3 Å². The van der Waals surface area contributed by atoms with Gasteiger partial charge >= 0.3 is 0 Å². The zero-order chi connectivity index (χ0) is 15.2. The Bertz CT molecular complexity index is 426. The van der Waals surface area contributed by atoms with Crippen molar-refractivity contribution in [2.24, 2.45) is 11.1 Å². The SMILES string of the molecule is CCN(Cc1ccc(NC(C)=O)cc1)CC(C)(C)CN. The fourth-order valence-electron chi connectivity index (χ4n) is 2.10. The Hall–Kier alpha value is -1.39. The lowest BCUT2D eigenvalue weighted by Crippen LogP contribution is -2.38. The summed E-state index contributed by atoms with van der Waals surface area (Å²) < 4.78 is 0. The third kappa shape index (κ3) is 5.72. The summed E-state index contributed by atoms with van der Waals surface area (Å²) in [6.07, 6.45) is 0. The molecule has 20 heavy (non-hydrogen) atoms. The molecule has 1 aromatic carbocycles. The lowest BCUT2D eigenvalue weighted by Gasteiger charge is -2.31. The van der Waals surface area contributed by atoms with Gasteiger partial charge in [0, 0.05) is 25.7 Å². The molecule has 0 spiro atoms.